The van der Waals surface area contributed by atoms with Gasteiger partial charge in [-0.3, -0.25) is 9.59 Å². The minimum Gasteiger partial charge on any atom is -0.334 e. The van der Waals surface area contributed by atoms with Crippen LogP contribution in [0.25, 0.3) is 11.0 Å². The molecule has 1 aliphatic carbocycles. The highest BCUT2D eigenvalue weighted by Gasteiger charge is 2.36. The maximum Gasteiger partial charge on any atom is 0.243 e. The van der Waals surface area contributed by atoms with E-state index in [9.17, 15) is 9.59 Å². The summed E-state index contributed by atoms with van der Waals surface area (Å²) in [7, 11) is 0. The smallest absolute Gasteiger partial charge is 0.243 e. The molecule has 4 aromatic rings. The second-order valence-electron chi connectivity index (χ2n) is 11.5. The number of carbonyl (C=O) groups excluding carboxylic acids is 2. The zero-order valence-corrected chi connectivity index (χ0v) is 23.6. The highest BCUT2D eigenvalue weighted by molar-refractivity contribution is 5.97. The molecule has 0 bridgehead atoms. The topological polar surface area (TPSA) is 58.4 Å². The average molecular weight is 535 g/mol. The first-order chi connectivity index (χ1) is 19.5. The first kappa shape index (κ1) is 26.3. The van der Waals surface area contributed by atoms with Gasteiger partial charge in [0.25, 0.3) is 0 Å². The van der Waals surface area contributed by atoms with E-state index in [1.165, 1.54) is 19.3 Å². The molecular weight excluding hydrogens is 496 g/mol. The molecule has 206 valence electrons. The van der Waals surface area contributed by atoms with Crippen molar-refractivity contribution < 1.29 is 9.59 Å². The van der Waals surface area contributed by atoms with Gasteiger partial charge in [-0.25, -0.2) is 4.98 Å². The van der Waals surface area contributed by atoms with E-state index >= 15 is 0 Å². The number of benzene rings is 3. The van der Waals surface area contributed by atoms with Gasteiger partial charge in [0.15, 0.2) is 0 Å². The number of aryl methyl sites for hydroxylation is 2. The molecule has 0 spiro atoms. The first-order valence-electron chi connectivity index (χ1n) is 14.6. The maximum absolute atomic E-state index is 14.2. The molecule has 2 heterocycles. The van der Waals surface area contributed by atoms with Crippen LogP contribution in [0.3, 0.4) is 0 Å². The molecule has 1 aliphatic heterocycles. The molecule has 6 rings (SSSR count). The lowest BCUT2D eigenvalue weighted by Crippen LogP contribution is -2.42. The second-order valence-corrected chi connectivity index (χ2v) is 11.5. The molecule has 2 aliphatic rings. The van der Waals surface area contributed by atoms with Crippen molar-refractivity contribution in [2.75, 3.05) is 11.4 Å². The fourth-order valence-electron chi connectivity index (χ4n) is 6.52. The first-order valence-corrected chi connectivity index (χ1v) is 14.6. The minimum atomic E-state index is -0.0788. The van der Waals surface area contributed by atoms with Crippen LogP contribution in [0.2, 0.25) is 0 Å². The quantitative estimate of drug-likeness (QED) is 0.271. The molecule has 3 aromatic carbocycles. The zero-order valence-electron chi connectivity index (χ0n) is 23.6. The van der Waals surface area contributed by atoms with Crippen LogP contribution < -0.4 is 4.90 Å². The number of rotatable bonds is 7. The molecular formula is C34H38N4O2. The molecule has 1 unspecified atom stereocenters. The molecule has 6 nitrogen and oxygen atoms in total. The maximum atomic E-state index is 14.2. The van der Waals surface area contributed by atoms with Crippen LogP contribution in [0.5, 0.6) is 0 Å². The number of carbonyl (C=O) groups is 2. The molecule has 40 heavy (non-hydrogen) atoms. The van der Waals surface area contributed by atoms with Gasteiger partial charge < -0.3 is 14.4 Å². The van der Waals surface area contributed by atoms with E-state index in [1.54, 1.807) is 0 Å². The number of imidazole rings is 1. The van der Waals surface area contributed by atoms with Gasteiger partial charge in [-0.2, -0.15) is 0 Å². The van der Waals surface area contributed by atoms with Crippen molar-refractivity contribution in [3.05, 3.63) is 95.3 Å². The molecule has 1 saturated carbocycles. The van der Waals surface area contributed by atoms with Gasteiger partial charge in [0.2, 0.25) is 11.8 Å². The van der Waals surface area contributed by atoms with Crippen LogP contribution >= 0.6 is 0 Å². The lowest BCUT2D eigenvalue weighted by molar-refractivity contribution is -0.135. The van der Waals surface area contributed by atoms with Crippen molar-refractivity contribution in [2.24, 2.45) is 0 Å². The van der Waals surface area contributed by atoms with Crippen LogP contribution in [-0.2, 0) is 22.7 Å². The Labute approximate surface area is 236 Å². The van der Waals surface area contributed by atoms with Crippen molar-refractivity contribution in [2.45, 2.75) is 77.4 Å². The number of hydrogen-bond donors (Lipinski definition) is 0. The summed E-state index contributed by atoms with van der Waals surface area (Å²) < 4.78 is 2.09. The lowest BCUT2D eigenvalue weighted by atomic mass is 9.93. The van der Waals surface area contributed by atoms with Crippen LogP contribution in [0, 0.1) is 13.8 Å². The Morgan fingerprint density at radius 1 is 0.950 bits per heavy atom. The van der Waals surface area contributed by atoms with Gasteiger partial charge in [0, 0.05) is 37.2 Å². The monoisotopic (exact) mass is 534 g/mol. The van der Waals surface area contributed by atoms with Crippen molar-refractivity contribution in [1.82, 2.24) is 14.5 Å². The molecule has 6 heteroatoms. The summed E-state index contributed by atoms with van der Waals surface area (Å²) in [4.78, 5) is 36.5. The standard InChI is InChI=1S/C34H38N4O2/c1-24-17-18-25(2)31(19-24)37-22-27(20-32(37)39)34-35-29-15-9-10-16-30(29)38(34)23-33(40)36(28-13-7-4-8-14-28)21-26-11-5-3-6-12-26/h3,5-6,9-12,15-19,27-28H,4,7-8,13-14,20-23H2,1-2H3. The number of aromatic nitrogens is 2. The molecule has 1 aromatic heterocycles. The molecule has 0 N–H and O–H groups in total. The third-order valence-corrected chi connectivity index (χ3v) is 8.65. The summed E-state index contributed by atoms with van der Waals surface area (Å²) in [5.74, 6) is 0.983. The fourth-order valence-corrected chi connectivity index (χ4v) is 6.52. The van der Waals surface area contributed by atoms with Crippen LogP contribution in [0.15, 0.2) is 72.8 Å². The van der Waals surface area contributed by atoms with Gasteiger partial charge in [-0.1, -0.05) is 73.9 Å². The predicted octanol–water partition coefficient (Wildman–Crippen LogP) is 6.54. The van der Waals surface area contributed by atoms with Gasteiger partial charge in [0.1, 0.15) is 12.4 Å². The Morgan fingerprint density at radius 3 is 2.50 bits per heavy atom. The molecule has 2 fully saturated rings. The number of nitrogens with zero attached hydrogens (tertiary/aromatic N) is 4. The minimum absolute atomic E-state index is 0.0788. The number of hydrogen-bond acceptors (Lipinski definition) is 3. The largest absolute Gasteiger partial charge is 0.334 e. The van der Waals surface area contributed by atoms with E-state index in [0.717, 1.165) is 52.1 Å². The summed E-state index contributed by atoms with van der Waals surface area (Å²) in [5.41, 5.74) is 6.17. The SMILES string of the molecule is Cc1ccc(C)c(N2CC(c3nc4ccccc4n3CC(=O)N(Cc3ccccc3)C3CCCCC3)CC2=O)c1. The Hall–Kier alpha value is -3.93. The molecule has 0 radical (unpaired) electrons. The van der Waals surface area contributed by atoms with E-state index in [0.29, 0.717) is 19.5 Å². The third kappa shape index (κ3) is 5.27. The fraction of sp³-hybridized carbons (Fsp3) is 0.382. The van der Waals surface area contributed by atoms with Gasteiger partial charge in [0.05, 0.1) is 11.0 Å². The summed E-state index contributed by atoms with van der Waals surface area (Å²) in [6.45, 7) is 5.52. The van der Waals surface area contributed by atoms with E-state index in [1.807, 2.05) is 47.4 Å². The van der Waals surface area contributed by atoms with Crippen molar-refractivity contribution in [3.63, 3.8) is 0 Å². The van der Waals surface area contributed by atoms with E-state index in [4.69, 9.17) is 4.98 Å². The Morgan fingerprint density at radius 2 is 1.70 bits per heavy atom. The Bertz CT molecular complexity index is 1520. The summed E-state index contributed by atoms with van der Waals surface area (Å²) in [6, 6.07) is 24.8. The van der Waals surface area contributed by atoms with Crippen LogP contribution in [-0.4, -0.2) is 38.9 Å². The number of anilines is 1. The van der Waals surface area contributed by atoms with E-state index in [2.05, 4.69) is 53.6 Å². The van der Waals surface area contributed by atoms with Crippen molar-refractivity contribution in [3.8, 4) is 0 Å². The summed E-state index contributed by atoms with van der Waals surface area (Å²) in [5, 5.41) is 0. The van der Waals surface area contributed by atoms with Gasteiger partial charge in [-0.05, 0) is 61.6 Å². The number of para-hydroxylation sites is 2. The van der Waals surface area contributed by atoms with E-state index < -0.39 is 0 Å². The predicted molar refractivity (Wildman–Crippen MR) is 159 cm³/mol. The van der Waals surface area contributed by atoms with Gasteiger partial charge >= 0.3 is 0 Å². The van der Waals surface area contributed by atoms with Crippen molar-refractivity contribution in [1.29, 1.82) is 0 Å². The molecule has 1 saturated heterocycles. The van der Waals surface area contributed by atoms with Crippen molar-refractivity contribution >= 4 is 28.5 Å². The van der Waals surface area contributed by atoms with E-state index in [-0.39, 0.29) is 30.3 Å². The zero-order chi connectivity index (χ0) is 27.6. The average Bonchev–Trinajstić information content (AvgIpc) is 3.54. The van der Waals surface area contributed by atoms with Crippen LogP contribution in [0.4, 0.5) is 5.69 Å². The van der Waals surface area contributed by atoms with Crippen LogP contribution in [0.1, 0.15) is 67.0 Å². The number of fused-ring (bicyclic) bond motifs is 1. The lowest BCUT2D eigenvalue weighted by Gasteiger charge is -2.35. The summed E-state index contributed by atoms with van der Waals surface area (Å²) >= 11 is 0. The Balaban J connectivity index is 1.32. The molecule has 1 atom stereocenters. The highest BCUT2D eigenvalue weighted by atomic mass is 16.2. The summed E-state index contributed by atoms with van der Waals surface area (Å²) in [6.07, 6.45) is 6.08. The Kier molecular flexibility index (Phi) is 7.42. The molecule has 2 amide bonds. The second kappa shape index (κ2) is 11.3. The highest BCUT2D eigenvalue weighted by Crippen LogP contribution is 2.35. The normalized spacial score (nSPS) is 18.0. The third-order valence-electron chi connectivity index (χ3n) is 8.65. The van der Waals surface area contributed by atoms with Gasteiger partial charge in [-0.15, -0.1) is 0 Å². The number of amides is 2.